The number of rotatable bonds is 4. The van der Waals surface area contributed by atoms with Crippen molar-refractivity contribution in [2.24, 2.45) is 7.05 Å². The minimum absolute atomic E-state index is 0.226. The van der Waals surface area contributed by atoms with E-state index in [9.17, 15) is 9.59 Å². The van der Waals surface area contributed by atoms with Crippen molar-refractivity contribution in [1.82, 2.24) is 19.4 Å². The second-order valence-electron chi connectivity index (χ2n) is 5.72. The third-order valence-electron chi connectivity index (χ3n) is 3.89. The molecule has 3 rings (SSSR count). The molecular weight excluding hydrogens is 318 g/mol. The highest BCUT2D eigenvalue weighted by atomic mass is 16.2. The highest BCUT2D eigenvalue weighted by Gasteiger charge is 2.12. The van der Waals surface area contributed by atoms with Crippen LogP contribution < -0.4 is 16.2 Å². The van der Waals surface area contributed by atoms with E-state index in [0.717, 1.165) is 11.3 Å². The quantitative estimate of drug-likeness (QED) is 0.767. The molecule has 0 bridgehead atoms. The second kappa shape index (κ2) is 7.04. The first kappa shape index (κ1) is 16.5. The van der Waals surface area contributed by atoms with Gasteiger partial charge in [0.15, 0.2) is 0 Å². The number of carbonyl (C=O) groups excluding carboxylic acids is 1. The molecule has 1 unspecified atom stereocenters. The van der Waals surface area contributed by atoms with Gasteiger partial charge >= 0.3 is 6.03 Å². The van der Waals surface area contributed by atoms with Crippen molar-refractivity contribution in [3.63, 3.8) is 0 Å². The first-order chi connectivity index (χ1) is 12.0. The molecule has 7 heteroatoms. The fourth-order valence-corrected chi connectivity index (χ4v) is 2.50. The molecule has 0 aliphatic rings. The lowest BCUT2D eigenvalue weighted by atomic mass is 10.1. The Bertz CT molecular complexity index is 931. The molecule has 7 nitrogen and oxygen atoms in total. The van der Waals surface area contributed by atoms with Crippen LogP contribution in [0.1, 0.15) is 18.5 Å². The molecule has 0 saturated carbocycles. The summed E-state index contributed by atoms with van der Waals surface area (Å²) in [6.07, 6.45) is 6.92. The van der Waals surface area contributed by atoms with Gasteiger partial charge in [-0.1, -0.05) is 12.1 Å². The lowest BCUT2D eigenvalue weighted by Gasteiger charge is -2.16. The predicted molar refractivity (Wildman–Crippen MR) is 95.8 cm³/mol. The summed E-state index contributed by atoms with van der Waals surface area (Å²) >= 11 is 0. The molecule has 3 aromatic rings. The molecular formula is C18H19N5O2. The predicted octanol–water partition coefficient (Wildman–Crippen LogP) is 2.45. The lowest BCUT2D eigenvalue weighted by Crippen LogP contribution is -2.33. The second-order valence-corrected chi connectivity index (χ2v) is 5.72. The number of imidazole rings is 1. The van der Waals surface area contributed by atoms with Crippen LogP contribution in [0.15, 0.2) is 66.1 Å². The van der Waals surface area contributed by atoms with Gasteiger partial charge in [0.2, 0.25) is 0 Å². The van der Waals surface area contributed by atoms with Gasteiger partial charge in [-0.25, -0.2) is 9.78 Å². The Morgan fingerprint density at radius 1 is 1.20 bits per heavy atom. The van der Waals surface area contributed by atoms with Crippen LogP contribution in [0.2, 0.25) is 0 Å². The Kier molecular flexibility index (Phi) is 4.65. The molecule has 0 saturated heterocycles. The molecule has 0 spiro atoms. The van der Waals surface area contributed by atoms with Crippen molar-refractivity contribution in [1.29, 1.82) is 0 Å². The third-order valence-corrected chi connectivity index (χ3v) is 3.89. The number of hydrogen-bond acceptors (Lipinski definition) is 3. The minimum atomic E-state index is -0.427. The number of aryl methyl sites for hydroxylation is 1. The normalized spacial score (nSPS) is 11.8. The number of pyridine rings is 1. The zero-order valence-electron chi connectivity index (χ0n) is 14.0. The van der Waals surface area contributed by atoms with Gasteiger partial charge in [-0.05, 0) is 36.8 Å². The zero-order chi connectivity index (χ0) is 17.8. The van der Waals surface area contributed by atoms with Gasteiger partial charge in [-0.2, -0.15) is 0 Å². The van der Waals surface area contributed by atoms with Gasteiger partial charge < -0.3 is 19.8 Å². The minimum Gasteiger partial charge on any atom is -0.331 e. The Morgan fingerprint density at radius 2 is 2.04 bits per heavy atom. The summed E-state index contributed by atoms with van der Waals surface area (Å²) in [5.74, 6) is 0. The van der Waals surface area contributed by atoms with E-state index in [2.05, 4.69) is 15.6 Å². The fourth-order valence-electron chi connectivity index (χ4n) is 2.50. The number of nitrogens with zero attached hydrogens (tertiary/aromatic N) is 3. The maximum Gasteiger partial charge on any atom is 0.319 e. The number of hydrogen-bond donors (Lipinski definition) is 2. The molecule has 25 heavy (non-hydrogen) atoms. The number of aromatic nitrogens is 3. The Morgan fingerprint density at radius 3 is 2.80 bits per heavy atom. The van der Waals surface area contributed by atoms with Crippen LogP contribution in [0, 0.1) is 0 Å². The van der Waals surface area contributed by atoms with E-state index >= 15 is 0 Å². The monoisotopic (exact) mass is 337 g/mol. The summed E-state index contributed by atoms with van der Waals surface area (Å²) in [5.41, 5.74) is 1.89. The molecule has 1 aromatic carbocycles. The highest BCUT2D eigenvalue weighted by molar-refractivity contribution is 5.89. The van der Waals surface area contributed by atoms with Gasteiger partial charge in [0, 0.05) is 31.3 Å². The molecule has 2 N–H and O–H groups in total. The number of nitrogens with one attached hydrogen (secondary N) is 2. The van der Waals surface area contributed by atoms with Crippen molar-refractivity contribution < 1.29 is 4.79 Å². The zero-order valence-corrected chi connectivity index (χ0v) is 14.0. The number of carbonyl (C=O) groups is 1. The molecule has 2 heterocycles. The average molecular weight is 337 g/mol. The largest absolute Gasteiger partial charge is 0.331 e. The topological polar surface area (TPSA) is 81.0 Å². The summed E-state index contributed by atoms with van der Waals surface area (Å²) in [6.45, 7) is 1.88. The maximum atomic E-state index is 12.2. The summed E-state index contributed by atoms with van der Waals surface area (Å²) in [6, 6.07) is 10.4. The van der Waals surface area contributed by atoms with Gasteiger partial charge in [-0.15, -0.1) is 0 Å². The smallest absolute Gasteiger partial charge is 0.319 e. The van der Waals surface area contributed by atoms with Crippen LogP contribution >= 0.6 is 0 Å². The molecule has 0 fully saturated rings. The van der Waals surface area contributed by atoms with E-state index in [1.54, 1.807) is 37.9 Å². The molecule has 0 aliphatic heterocycles. The standard InChI is InChI=1S/C18H19N5O2/c1-13(14-5-3-6-15(11-14)23-10-8-19-12-23)20-18(25)21-16-7-4-9-22(2)17(16)24/h3-13H,1-2H3,(H2,20,21,25). The molecule has 0 aliphatic carbocycles. The van der Waals surface area contributed by atoms with E-state index in [1.165, 1.54) is 4.57 Å². The number of urea groups is 1. The fraction of sp³-hybridized carbons (Fsp3) is 0.167. The maximum absolute atomic E-state index is 12.2. The molecule has 1 atom stereocenters. The van der Waals surface area contributed by atoms with Gasteiger partial charge in [0.25, 0.3) is 5.56 Å². The number of benzene rings is 1. The molecule has 2 amide bonds. The van der Waals surface area contributed by atoms with Crippen molar-refractivity contribution in [2.75, 3.05) is 5.32 Å². The van der Waals surface area contributed by atoms with Crippen molar-refractivity contribution in [3.8, 4) is 5.69 Å². The highest BCUT2D eigenvalue weighted by Crippen LogP contribution is 2.17. The van der Waals surface area contributed by atoms with Gasteiger partial charge in [0.1, 0.15) is 5.69 Å². The molecule has 2 aromatic heterocycles. The van der Waals surface area contributed by atoms with E-state index < -0.39 is 6.03 Å². The molecule has 128 valence electrons. The van der Waals surface area contributed by atoms with Crippen molar-refractivity contribution >= 4 is 11.7 Å². The van der Waals surface area contributed by atoms with Crippen LogP contribution in [-0.2, 0) is 7.05 Å². The van der Waals surface area contributed by atoms with Crippen LogP contribution in [0.25, 0.3) is 5.69 Å². The first-order valence-corrected chi connectivity index (χ1v) is 7.86. The number of amides is 2. The van der Waals surface area contributed by atoms with E-state index in [-0.39, 0.29) is 17.3 Å². The summed E-state index contributed by atoms with van der Waals surface area (Å²) < 4.78 is 3.30. The van der Waals surface area contributed by atoms with Crippen LogP contribution in [-0.4, -0.2) is 20.1 Å². The Hall–Kier alpha value is -3.35. The summed E-state index contributed by atoms with van der Waals surface area (Å²) in [7, 11) is 1.63. The lowest BCUT2D eigenvalue weighted by molar-refractivity contribution is 0.249. The molecule has 0 radical (unpaired) electrons. The SMILES string of the molecule is CC(NC(=O)Nc1cccn(C)c1=O)c1cccc(-n2ccnc2)c1. The van der Waals surface area contributed by atoms with E-state index in [4.69, 9.17) is 0 Å². The van der Waals surface area contributed by atoms with Crippen molar-refractivity contribution in [3.05, 3.63) is 77.2 Å². The summed E-state index contributed by atoms with van der Waals surface area (Å²) in [4.78, 5) is 28.2. The van der Waals surface area contributed by atoms with Crippen molar-refractivity contribution in [2.45, 2.75) is 13.0 Å². The van der Waals surface area contributed by atoms with Gasteiger partial charge in [0.05, 0.1) is 12.4 Å². The number of anilines is 1. The third kappa shape index (κ3) is 3.77. The van der Waals surface area contributed by atoms with E-state index in [0.29, 0.717) is 0 Å². The van der Waals surface area contributed by atoms with Crippen LogP contribution in [0.5, 0.6) is 0 Å². The Labute approximate surface area is 144 Å². The van der Waals surface area contributed by atoms with Gasteiger partial charge in [-0.3, -0.25) is 4.79 Å². The van der Waals surface area contributed by atoms with E-state index in [1.807, 2.05) is 42.0 Å². The van der Waals surface area contributed by atoms with Crippen LogP contribution in [0.3, 0.4) is 0 Å². The average Bonchev–Trinajstić information content (AvgIpc) is 3.14. The van der Waals surface area contributed by atoms with Crippen LogP contribution in [0.4, 0.5) is 10.5 Å². The Balaban J connectivity index is 1.70. The summed E-state index contributed by atoms with van der Waals surface area (Å²) in [5, 5.41) is 5.44. The first-order valence-electron chi connectivity index (χ1n) is 7.86.